The van der Waals surface area contributed by atoms with Gasteiger partial charge in [0.1, 0.15) is 10.4 Å². The van der Waals surface area contributed by atoms with Crippen LogP contribution in [-0.4, -0.2) is 16.0 Å². The van der Waals surface area contributed by atoms with E-state index in [0.717, 1.165) is 16.3 Å². The Bertz CT molecular complexity index is 304. The summed E-state index contributed by atoms with van der Waals surface area (Å²) in [5, 5.41) is 3.43. The number of hydrogen-bond acceptors (Lipinski definition) is 3. The Balaban J connectivity index is 1.89. The van der Waals surface area contributed by atoms with Crippen LogP contribution in [-0.2, 0) is 0 Å². The molecule has 1 saturated carbocycles. The molecule has 0 aliphatic heterocycles. The lowest BCUT2D eigenvalue weighted by molar-refractivity contribution is 0.361. The summed E-state index contributed by atoms with van der Waals surface area (Å²) in [7, 11) is 0. The topological polar surface area (TPSA) is 37.8 Å². The van der Waals surface area contributed by atoms with Gasteiger partial charge in [-0.15, -0.1) is 0 Å². The van der Waals surface area contributed by atoms with Gasteiger partial charge in [-0.25, -0.2) is 9.97 Å². The van der Waals surface area contributed by atoms with Crippen molar-refractivity contribution >= 4 is 21.7 Å². The third-order valence-corrected chi connectivity index (χ3v) is 3.40. The van der Waals surface area contributed by atoms with E-state index in [2.05, 4.69) is 38.1 Å². The molecular formula is C11H16BrN3. The summed E-state index contributed by atoms with van der Waals surface area (Å²) >= 11 is 3.28. The highest BCUT2D eigenvalue weighted by Gasteiger charge is 2.17. The van der Waals surface area contributed by atoms with Gasteiger partial charge in [-0.2, -0.15) is 0 Å². The first-order chi connectivity index (χ1) is 7.24. The van der Waals surface area contributed by atoms with E-state index >= 15 is 0 Å². The van der Waals surface area contributed by atoms with E-state index in [0.29, 0.717) is 6.04 Å². The molecule has 1 N–H and O–H groups in total. The molecule has 0 bridgehead atoms. The molecule has 0 unspecified atom stereocenters. The van der Waals surface area contributed by atoms with Crippen LogP contribution in [0.25, 0.3) is 0 Å². The van der Waals surface area contributed by atoms with Crippen molar-refractivity contribution in [2.75, 3.05) is 5.32 Å². The van der Waals surface area contributed by atoms with E-state index in [4.69, 9.17) is 0 Å². The molecule has 0 aromatic carbocycles. The minimum Gasteiger partial charge on any atom is -0.366 e. The zero-order chi connectivity index (χ0) is 10.7. The zero-order valence-corrected chi connectivity index (χ0v) is 10.5. The average molecular weight is 270 g/mol. The minimum atomic E-state index is 0.580. The van der Waals surface area contributed by atoms with E-state index in [1.54, 1.807) is 12.4 Å². The lowest BCUT2D eigenvalue weighted by Crippen LogP contribution is -2.25. The smallest absolute Gasteiger partial charge is 0.144 e. The minimum absolute atomic E-state index is 0.580. The first-order valence-electron chi connectivity index (χ1n) is 5.48. The van der Waals surface area contributed by atoms with Gasteiger partial charge in [0.15, 0.2) is 0 Å². The highest BCUT2D eigenvalue weighted by atomic mass is 79.9. The summed E-state index contributed by atoms with van der Waals surface area (Å²) < 4.78 is 0.783. The van der Waals surface area contributed by atoms with Gasteiger partial charge in [-0.3, -0.25) is 0 Å². The normalized spacial score (nSPS) is 26.3. The number of halogens is 1. The van der Waals surface area contributed by atoms with Crippen LogP contribution in [0.5, 0.6) is 0 Å². The molecule has 1 fully saturated rings. The van der Waals surface area contributed by atoms with Gasteiger partial charge in [-0.05, 0) is 47.5 Å². The predicted molar refractivity (Wildman–Crippen MR) is 64.8 cm³/mol. The van der Waals surface area contributed by atoms with Gasteiger partial charge in [0.25, 0.3) is 0 Å². The average Bonchev–Trinajstić information content (AvgIpc) is 2.25. The predicted octanol–water partition coefficient (Wildman–Crippen LogP) is 3.23. The largest absolute Gasteiger partial charge is 0.366 e. The number of anilines is 1. The lowest BCUT2D eigenvalue weighted by atomic mass is 9.87. The van der Waals surface area contributed by atoms with Gasteiger partial charge in [0, 0.05) is 6.04 Å². The number of rotatable bonds is 2. The number of hydrogen-bond donors (Lipinski definition) is 1. The van der Waals surface area contributed by atoms with Crippen LogP contribution in [0.4, 0.5) is 5.82 Å². The Hall–Kier alpha value is -0.640. The molecule has 1 aliphatic rings. The molecule has 3 nitrogen and oxygen atoms in total. The highest BCUT2D eigenvalue weighted by Crippen LogP contribution is 2.25. The van der Waals surface area contributed by atoms with Crippen molar-refractivity contribution in [3.8, 4) is 0 Å². The van der Waals surface area contributed by atoms with Crippen molar-refractivity contribution in [3.63, 3.8) is 0 Å². The van der Waals surface area contributed by atoms with Crippen LogP contribution in [0.3, 0.4) is 0 Å². The molecule has 4 heteroatoms. The van der Waals surface area contributed by atoms with E-state index in [1.165, 1.54) is 25.7 Å². The molecule has 2 rings (SSSR count). The molecule has 15 heavy (non-hydrogen) atoms. The molecule has 1 heterocycles. The standard InChI is InChI=1S/C11H16BrN3/c1-8-2-4-9(5-3-8)15-11-7-13-10(12)6-14-11/h6-9H,2-5H2,1H3,(H,14,15). The van der Waals surface area contributed by atoms with Crippen molar-refractivity contribution in [1.29, 1.82) is 0 Å². The van der Waals surface area contributed by atoms with Gasteiger partial charge in [-0.1, -0.05) is 6.92 Å². The summed E-state index contributed by atoms with van der Waals surface area (Å²) in [6, 6.07) is 0.580. The molecule has 0 saturated heterocycles. The first-order valence-corrected chi connectivity index (χ1v) is 6.27. The van der Waals surface area contributed by atoms with E-state index < -0.39 is 0 Å². The van der Waals surface area contributed by atoms with Gasteiger partial charge < -0.3 is 5.32 Å². The quantitative estimate of drug-likeness (QED) is 0.896. The second kappa shape index (κ2) is 4.92. The molecule has 0 spiro atoms. The summed E-state index contributed by atoms with van der Waals surface area (Å²) in [5.74, 6) is 1.77. The summed E-state index contributed by atoms with van der Waals surface area (Å²) in [6.45, 7) is 2.33. The molecule has 1 aromatic rings. The van der Waals surface area contributed by atoms with E-state index in [9.17, 15) is 0 Å². The maximum Gasteiger partial charge on any atom is 0.144 e. The van der Waals surface area contributed by atoms with Crippen molar-refractivity contribution in [2.24, 2.45) is 5.92 Å². The van der Waals surface area contributed by atoms with Gasteiger partial charge >= 0.3 is 0 Å². The molecule has 0 radical (unpaired) electrons. The molecule has 0 atom stereocenters. The van der Waals surface area contributed by atoms with Crippen molar-refractivity contribution in [1.82, 2.24) is 9.97 Å². The Morgan fingerprint density at radius 1 is 1.20 bits per heavy atom. The summed E-state index contributed by atoms with van der Waals surface area (Å²) in [4.78, 5) is 8.42. The van der Waals surface area contributed by atoms with Crippen LogP contribution >= 0.6 is 15.9 Å². The summed E-state index contributed by atoms with van der Waals surface area (Å²) in [5.41, 5.74) is 0. The third-order valence-electron chi connectivity index (χ3n) is 2.99. The Morgan fingerprint density at radius 3 is 2.53 bits per heavy atom. The number of nitrogens with zero attached hydrogens (tertiary/aromatic N) is 2. The monoisotopic (exact) mass is 269 g/mol. The van der Waals surface area contributed by atoms with Crippen molar-refractivity contribution in [2.45, 2.75) is 38.6 Å². The van der Waals surface area contributed by atoms with Crippen LogP contribution in [0.15, 0.2) is 17.0 Å². The molecule has 82 valence electrons. The second-order valence-corrected chi connectivity index (χ2v) is 5.14. The Kier molecular flexibility index (Phi) is 3.57. The highest BCUT2D eigenvalue weighted by molar-refractivity contribution is 9.10. The fourth-order valence-corrected chi connectivity index (χ4v) is 2.21. The molecule has 1 aromatic heterocycles. The lowest BCUT2D eigenvalue weighted by Gasteiger charge is -2.27. The Labute approximate surface area is 98.8 Å². The maximum absolute atomic E-state index is 4.27. The van der Waals surface area contributed by atoms with Crippen LogP contribution in [0, 0.1) is 5.92 Å². The maximum atomic E-state index is 4.27. The number of nitrogens with one attached hydrogen (secondary N) is 1. The fraction of sp³-hybridized carbons (Fsp3) is 0.636. The van der Waals surface area contributed by atoms with Crippen molar-refractivity contribution in [3.05, 3.63) is 17.0 Å². The third kappa shape index (κ3) is 3.16. The molecule has 1 aliphatic carbocycles. The first kappa shape index (κ1) is 10.9. The fourth-order valence-electron chi connectivity index (χ4n) is 2.00. The SMILES string of the molecule is CC1CCC(Nc2cnc(Br)cn2)CC1. The van der Waals surface area contributed by atoms with Crippen LogP contribution < -0.4 is 5.32 Å². The number of aromatic nitrogens is 2. The van der Waals surface area contributed by atoms with Crippen LogP contribution in [0.1, 0.15) is 32.6 Å². The summed E-state index contributed by atoms with van der Waals surface area (Å²) in [6.07, 6.45) is 8.65. The van der Waals surface area contributed by atoms with Crippen LogP contribution in [0.2, 0.25) is 0 Å². The molecular weight excluding hydrogens is 254 g/mol. The zero-order valence-electron chi connectivity index (χ0n) is 8.91. The van der Waals surface area contributed by atoms with E-state index in [-0.39, 0.29) is 0 Å². The van der Waals surface area contributed by atoms with Crippen molar-refractivity contribution < 1.29 is 0 Å². The molecule has 0 amide bonds. The van der Waals surface area contributed by atoms with E-state index in [1.807, 2.05) is 0 Å². The Morgan fingerprint density at radius 2 is 1.93 bits per heavy atom. The van der Waals surface area contributed by atoms with Gasteiger partial charge in [0.05, 0.1) is 12.4 Å². The second-order valence-electron chi connectivity index (χ2n) is 4.33. The van der Waals surface area contributed by atoms with Gasteiger partial charge in [0.2, 0.25) is 0 Å².